The number of ether oxygens (including phenoxy) is 4. The number of aryl methyl sites for hydroxylation is 2. The maximum absolute atomic E-state index is 13.3. The van der Waals surface area contributed by atoms with Crippen molar-refractivity contribution in [3.63, 3.8) is 0 Å². The predicted molar refractivity (Wildman–Crippen MR) is 334 cm³/mol. The number of fused-ring (bicyclic) bond motifs is 6. The Morgan fingerprint density at radius 1 is 0.571 bits per heavy atom. The highest BCUT2D eigenvalue weighted by molar-refractivity contribution is 7.91. The molecule has 0 radical (unpaired) electrons. The molecule has 84 heavy (non-hydrogen) atoms. The Balaban J connectivity index is 0.000000325. The fraction of sp³-hybridized carbons (Fsp3) is 0.705. The third-order valence-electron chi connectivity index (χ3n) is 15.1. The third-order valence-corrected chi connectivity index (χ3v) is 19.8. The summed E-state index contributed by atoms with van der Waals surface area (Å²) in [4.78, 5) is 62.7. The molecule has 0 aromatic heterocycles. The zero-order chi connectivity index (χ0) is 63.1. The highest BCUT2D eigenvalue weighted by Crippen LogP contribution is 2.38. The van der Waals surface area contributed by atoms with Crippen LogP contribution in [0.5, 0.6) is 0 Å². The molecule has 6 heterocycles. The normalized spacial score (nSPS) is 22.1. The van der Waals surface area contributed by atoms with Gasteiger partial charge in [-0.05, 0) is 120 Å². The lowest BCUT2D eigenvalue weighted by molar-refractivity contribution is -0.157. The first kappa shape index (κ1) is 74.5. The van der Waals surface area contributed by atoms with Crippen molar-refractivity contribution in [2.24, 2.45) is 5.41 Å². The monoisotopic (exact) mass is 1260 g/mol. The average Bonchev–Trinajstić information content (AvgIpc) is 2.09. The van der Waals surface area contributed by atoms with Crippen molar-refractivity contribution in [3.05, 3.63) is 71.8 Å². The molecule has 0 spiro atoms. The summed E-state index contributed by atoms with van der Waals surface area (Å²) in [5, 5.41) is 0. The quantitative estimate of drug-likeness (QED) is 0.0302. The molecule has 8 rings (SSSR count). The van der Waals surface area contributed by atoms with Crippen molar-refractivity contribution in [2.75, 3.05) is 165 Å². The SMILES string of the molecule is C=C(C)C(=O)OCC1CN2CCN1CC2.CCCCOC(=O)C(C)(CC(C)(Cl)C(=O)OCC1CN2CCN1CC2)CS(=O)(=O)c1ccc(C)cc1.CCCCOC(=O)C(C)(Cl)CS(=O)(=O)c1ccc(C)cc1.CN(C)CCN(C)CCN(C)C. The number of benzene rings is 2. The molecule has 6 aliphatic heterocycles. The summed E-state index contributed by atoms with van der Waals surface area (Å²) in [6.07, 6.45) is 2.84. The lowest BCUT2D eigenvalue weighted by Crippen LogP contribution is -2.62. The Labute approximate surface area is 514 Å². The van der Waals surface area contributed by atoms with E-state index in [-0.39, 0.29) is 48.0 Å². The lowest BCUT2D eigenvalue weighted by Gasteiger charge is -2.47. The number of likely N-dealkylation sites (N-methyl/N-ethyl adjacent to an activating group) is 3. The summed E-state index contributed by atoms with van der Waals surface area (Å²) in [6, 6.07) is 13.4. The number of hydrogen-bond acceptors (Lipinski definition) is 19. The molecule has 5 atom stereocenters. The van der Waals surface area contributed by atoms with E-state index in [0.29, 0.717) is 24.6 Å². The summed E-state index contributed by atoms with van der Waals surface area (Å²) in [6.45, 7) is 33.3. The van der Waals surface area contributed by atoms with E-state index in [9.17, 15) is 36.0 Å². The van der Waals surface area contributed by atoms with Crippen LogP contribution < -0.4 is 0 Å². The van der Waals surface area contributed by atoms with E-state index in [0.717, 1.165) is 122 Å². The van der Waals surface area contributed by atoms with Crippen molar-refractivity contribution in [3.8, 4) is 0 Å². The Hall–Kier alpha value is -3.74. The number of alkyl halides is 2. The van der Waals surface area contributed by atoms with Gasteiger partial charge in [-0.15, -0.1) is 23.2 Å². The molecule has 0 aliphatic carbocycles. The standard InChI is InChI=1S/C26H39ClN2O6S.C15H21ClO4S.C11H18N2O2.C9H23N3/c1-5-6-15-34-23(30)25(3,19-36(32,33)22-9-7-20(2)8-10-22)18-26(4,27)24(31)35-17-21-16-28-11-13-29(21)14-12-28;1-4-5-10-20-14(17)15(3,16)11-21(18,19)13-8-6-12(2)7-9-13;1-9(2)11(14)15-8-10-7-12-3-5-13(10)6-4-12;1-10(2)6-8-12(5)9-7-11(3)4/h7-10,21H,5-6,11-19H2,1-4H3;6-9H,4-5,10-11H2,1-3H3;10H,1,3-8H2,2H3;6-9H2,1-5H3. The van der Waals surface area contributed by atoms with Crippen molar-refractivity contribution in [1.29, 1.82) is 0 Å². The summed E-state index contributed by atoms with van der Waals surface area (Å²) in [7, 11) is 3.11. The van der Waals surface area contributed by atoms with E-state index in [1.165, 1.54) is 45.0 Å². The summed E-state index contributed by atoms with van der Waals surface area (Å²) in [5.74, 6) is -3.34. The number of carbonyl (C=O) groups excluding carboxylic acids is 4. The third kappa shape index (κ3) is 25.9. The molecule has 19 nitrogen and oxygen atoms in total. The van der Waals surface area contributed by atoms with Crippen LogP contribution in [0.25, 0.3) is 0 Å². The number of rotatable bonds is 28. The van der Waals surface area contributed by atoms with E-state index >= 15 is 0 Å². The number of unbranched alkanes of at least 4 members (excludes halogenated alkanes) is 2. The van der Waals surface area contributed by atoms with Gasteiger partial charge in [0.25, 0.3) is 0 Å². The fourth-order valence-electron chi connectivity index (χ4n) is 9.66. The Morgan fingerprint density at radius 3 is 1.32 bits per heavy atom. The zero-order valence-electron chi connectivity index (χ0n) is 52.8. The van der Waals surface area contributed by atoms with Gasteiger partial charge in [0.15, 0.2) is 24.5 Å². The molecule has 478 valence electrons. The molecule has 23 heteroatoms. The minimum atomic E-state index is -3.87. The summed E-state index contributed by atoms with van der Waals surface area (Å²) < 4.78 is 72.4. The van der Waals surface area contributed by atoms with Gasteiger partial charge in [-0.2, -0.15) is 0 Å². The van der Waals surface area contributed by atoms with Gasteiger partial charge >= 0.3 is 23.9 Å². The Kier molecular flexibility index (Phi) is 31.3. The Morgan fingerprint density at radius 2 is 0.952 bits per heavy atom. The highest BCUT2D eigenvalue weighted by atomic mass is 35.5. The minimum Gasteiger partial charge on any atom is -0.465 e. The highest BCUT2D eigenvalue weighted by Gasteiger charge is 2.49. The molecule has 0 saturated carbocycles. The first-order valence-electron chi connectivity index (χ1n) is 29.5. The minimum absolute atomic E-state index is 0.107. The van der Waals surface area contributed by atoms with Gasteiger partial charge in [-0.25, -0.2) is 21.6 Å². The first-order chi connectivity index (χ1) is 39.2. The van der Waals surface area contributed by atoms with Crippen LogP contribution in [-0.2, 0) is 57.8 Å². The molecule has 6 fully saturated rings. The second-order valence-electron chi connectivity index (χ2n) is 24.1. The molecule has 0 N–H and O–H groups in total. The second-order valence-corrected chi connectivity index (χ2v) is 29.8. The van der Waals surface area contributed by atoms with Crippen molar-refractivity contribution < 1.29 is 55.0 Å². The van der Waals surface area contributed by atoms with Crippen LogP contribution in [-0.4, -0.2) is 262 Å². The summed E-state index contributed by atoms with van der Waals surface area (Å²) in [5.41, 5.74) is 0.811. The number of carbonyl (C=O) groups is 4. The van der Waals surface area contributed by atoms with Crippen LogP contribution in [0, 0.1) is 19.3 Å². The predicted octanol–water partition coefficient (Wildman–Crippen LogP) is 6.31. The zero-order valence-corrected chi connectivity index (χ0v) is 55.9. The maximum atomic E-state index is 13.3. The molecule has 6 aliphatic rings. The van der Waals surface area contributed by atoms with Gasteiger partial charge < -0.3 is 33.6 Å². The van der Waals surface area contributed by atoms with E-state index in [4.69, 9.17) is 42.1 Å². The van der Waals surface area contributed by atoms with Gasteiger partial charge in [0.1, 0.15) is 18.1 Å². The van der Waals surface area contributed by atoms with Crippen LogP contribution in [0.2, 0.25) is 0 Å². The smallest absolute Gasteiger partial charge is 0.333 e. The molecule has 2 aromatic rings. The number of esters is 4. The lowest BCUT2D eigenvalue weighted by atomic mass is 9.82. The number of nitrogens with zero attached hydrogens (tertiary/aromatic N) is 7. The van der Waals surface area contributed by atoms with Gasteiger partial charge in [-0.1, -0.05) is 68.7 Å². The molecular formula is C61H101Cl2N7O12S2. The van der Waals surface area contributed by atoms with Gasteiger partial charge in [0, 0.05) is 97.2 Å². The fourth-order valence-corrected chi connectivity index (χ4v) is 13.8. The van der Waals surface area contributed by atoms with Crippen LogP contribution in [0.4, 0.5) is 0 Å². The van der Waals surface area contributed by atoms with E-state index in [1.807, 2.05) is 27.7 Å². The van der Waals surface area contributed by atoms with Crippen LogP contribution in [0.15, 0.2) is 70.5 Å². The van der Waals surface area contributed by atoms with Crippen LogP contribution in [0.3, 0.4) is 0 Å². The largest absolute Gasteiger partial charge is 0.465 e. The number of piperazine rings is 6. The van der Waals surface area contributed by atoms with Gasteiger partial charge in [0.2, 0.25) is 0 Å². The molecule has 4 bridgehead atoms. The van der Waals surface area contributed by atoms with E-state index in [1.54, 1.807) is 31.2 Å². The number of hydrogen-bond donors (Lipinski definition) is 0. The number of sulfone groups is 2. The molecular weight excluding hydrogens is 1160 g/mol. The van der Waals surface area contributed by atoms with Crippen LogP contribution >= 0.6 is 23.2 Å². The van der Waals surface area contributed by atoms with E-state index < -0.39 is 64.3 Å². The molecule has 0 amide bonds. The molecule has 6 saturated heterocycles. The van der Waals surface area contributed by atoms with Gasteiger partial charge in [0.05, 0.1) is 52.0 Å². The van der Waals surface area contributed by atoms with Crippen molar-refractivity contribution in [2.45, 2.75) is 119 Å². The topological polar surface area (TPSA) is 196 Å². The molecule has 2 aromatic carbocycles. The average molecular weight is 1260 g/mol. The van der Waals surface area contributed by atoms with E-state index in [2.05, 4.69) is 76.1 Å². The molecule has 5 unspecified atom stereocenters. The first-order valence-corrected chi connectivity index (χ1v) is 33.5. The summed E-state index contributed by atoms with van der Waals surface area (Å²) >= 11 is 12.7. The van der Waals surface area contributed by atoms with Gasteiger partial charge in [-0.3, -0.25) is 34.0 Å². The van der Waals surface area contributed by atoms with Crippen molar-refractivity contribution >= 4 is 66.8 Å². The van der Waals surface area contributed by atoms with Crippen LogP contribution in [0.1, 0.15) is 84.8 Å². The van der Waals surface area contributed by atoms with Crippen molar-refractivity contribution in [1.82, 2.24) is 34.3 Å². The second kappa shape index (κ2) is 35.3. The number of halogens is 2. The maximum Gasteiger partial charge on any atom is 0.333 e. The Bertz CT molecular complexity index is 2580.